The Morgan fingerprint density at radius 3 is 2.96 bits per heavy atom. The lowest BCUT2D eigenvalue weighted by Gasteiger charge is -2.37. The van der Waals surface area contributed by atoms with Crippen LogP contribution in [-0.2, 0) is 24.4 Å². The van der Waals surface area contributed by atoms with E-state index < -0.39 is 5.67 Å². The van der Waals surface area contributed by atoms with Crippen molar-refractivity contribution in [2.75, 3.05) is 6.54 Å². The smallest absolute Gasteiger partial charge is 0.260 e. The van der Waals surface area contributed by atoms with E-state index >= 15 is 0 Å². The second-order valence-electron chi connectivity index (χ2n) is 6.48. The number of rotatable bonds is 3. The molecule has 1 aliphatic carbocycles. The summed E-state index contributed by atoms with van der Waals surface area (Å²) in [6.07, 6.45) is 8.25. The highest BCUT2D eigenvalue weighted by molar-refractivity contribution is 5.86. The molecular formula is C15H19FN6O. The molecule has 7 nitrogen and oxygen atoms in total. The molecule has 1 fully saturated rings. The van der Waals surface area contributed by atoms with Crippen molar-refractivity contribution < 1.29 is 9.18 Å². The van der Waals surface area contributed by atoms with Crippen LogP contribution in [0.5, 0.6) is 0 Å². The summed E-state index contributed by atoms with van der Waals surface area (Å²) in [7, 11) is 0. The number of imidazole rings is 1. The molecule has 122 valence electrons. The van der Waals surface area contributed by atoms with E-state index in [0.29, 0.717) is 32.5 Å². The van der Waals surface area contributed by atoms with E-state index in [9.17, 15) is 9.18 Å². The van der Waals surface area contributed by atoms with Crippen LogP contribution >= 0.6 is 0 Å². The number of aromatic nitrogens is 5. The van der Waals surface area contributed by atoms with Crippen molar-refractivity contribution in [2.45, 2.75) is 44.6 Å². The predicted octanol–water partition coefficient (Wildman–Crippen LogP) is 1.03. The third kappa shape index (κ3) is 2.62. The lowest BCUT2D eigenvalue weighted by atomic mass is 9.81. The number of fused-ring (bicyclic) bond motifs is 1. The highest BCUT2D eigenvalue weighted by Gasteiger charge is 2.47. The van der Waals surface area contributed by atoms with Gasteiger partial charge >= 0.3 is 0 Å². The van der Waals surface area contributed by atoms with Gasteiger partial charge in [0.05, 0.1) is 6.54 Å². The van der Waals surface area contributed by atoms with Crippen LogP contribution in [0.25, 0.3) is 0 Å². The fourth-order valence-electron chi connectivity index (χ4n) is 3.39. The van der Waals surface area contributed by atoms with E-state index in [1.165, 1.54) is 6.33 Å². The van der Waals surface area contributed by atoms with Crippen molar-refractivity contribution >= 4 is 5.91 Å². The standard InChI is InChI=1S/C15H19FN6O/c16-15(2-1-3-15)14(23)21-7-12(8-22-11-17-10-19-22)6-20-5-4-18-13(20)9-21/h4-5,10-12H,1-3,6-9H2/t12-/m1/s1. The predicted molar refractivity (Wildman–Crippen MR) is 78.8 cm³/mol. The second kappa shape index (κ2) is 5.43. The molecule has 23 heavy (non-hydrogen) atoms. The van der Waals surface area contributed by atoms with E-state index in [-0.39, 0.29) is 11.8 Å². The monoisotopic (exact) mass is 318 g/mol. The zero-order valence-electron chi connectivity index (χ0n) is 12.8. The second-order valence-corrected chi connectivity index (χ2v) is 6.48. The summed E-state index contributed by atoms with van der Waals surface area (Å²) in [6.45, 7) is 2.25. The van der Waals surface area contributed by atoms with Crippen molar-refractivity contribution in [3.05, 3.63) is 30.9 Å². The van der Waals surface area contributed by atoms with E-state index in [0.717, 1.165) is 18.8 Å². The number of alkyl halides is 1. The number of carbonyl (C=O) groups is 1. The molecule has 2 aromatic heterocycles. The Morgan fingerprint density at radius 1 is 1.39 bits per heavy atom. The molecule has 1 saturated carbocycles. The summed E-state index contributed by atoms with van der Waals surface area (Å²) >= 11 is 0. The van der Waals surface area contributed by atoms with Gasteiger partial charge in [0.1, 0.15) is 18.5 Å². The van der Waals surface area contributed by atoms with Crippen molar-refractivity contribution in [3.63, 3.8) is 0 Å². The van der Waals surface area contributed by atoms with Crippen LogP contribution in [0.15, 0.2) is 25.0 Å². The summed E-state index contributed by atoms with van der Waals surface area (Å²) in [6, 6.07) is 0. The van der Waals surface area contributed by atoms with Crippen LogP contribution < -0.4 is 0 Å². The SMILES string of the molecule is O=C(N1Cc2nccn2C[C@@H](Cn2cncn2)C1)C1(F)CCC1. The van der Waals surface area contributed by atoms with E-state index in [1.807, 2.05) is 10.8 Å². The minimum absolute atomic E-state index is 0.139. The molecule has 1 amide bonds. The lowest BCUT2D eigenvalue weighted by molar-refractivity contribution is -0.151. The molecule has 0 spiro atoms. The Hall–Kier alpha value is -2.25. The van der Waals surface area contributed by atoms with Gasteiger partial charge in [-0.25, -0.2) is 14.4 Å². The molecule has 0 N–H and O–H groups in total. The van der Waals surface area contributed by atoms with Crippen LogP contribution in [0.4, 0.5) is 4.39 Å². The minimum Gasteiger partial charge on any atom is -0.333 e. The van der Waals surface area contributed by atoms with Gasteiger partial charge in [-0.2, -0.15) is 5.10 Å². The largest absolute Gasteiger partial charge is 0.333 e. The Morgan fingerprint density at radius 2 is 2.26 bits per heavy atom. The average Bonchev–Trinajstić information content (AvgIpc) is 3.13. The molecule has 0 radical (unpaired) electrons. The van der Waals surface area contributed by atoms with Gasteiger partial charge in [0.15, 0.2) is 5.67 Å². The zero-order valence-corrected chi connectivity index (χ0v) is 12.8. The molecular weight excluding hydrogens is 299 g/mol. The maximum Gasteiger partial charge on any atom is 0.260 e. The molecule has 1 aliphatic heterocycles. The molecule has 8 heteroatoms. The first-order chi connectivity index (χ1) is 11.1. The van der Waals surface area contributed by atoms with Crippen molar-refractivity contribution in [2.24, 2.45) is 5.92 Å². The highest BCUT2D eigenvalue weighted by atomic mass is 19.1. The van der Waals surface area contributed by atoms with Gasteiger partial charge < -0.3 is 9.47 Å². The summed E-state index contributed by atoms with van der Waals surface area (Å²) < 4.78 is 18.4. The summed E-state index contributed by atoms with van der Waals surface area (Å²) in [5.41, 5.74) is -1.67. The van der Waals surface area contributed by atoms with Crippen LogP contribution in [0.2, 0.25) is 0 Å². The average molecular weight is 318 g/mol. The van der Waals surface area contributed by atoms with Gasteiger partial charge in [0, 0.05) is 37.9 Å². The third-order valence-electron chi connectivity index (χ3n) is 4.80. The van der Waals surface area contributed by atoms with E-state index in [4.69, 9.17) is 0 Å². The van der Waals surface area contributed by atoms with Gasteiger partial charge in [0.25, 0.3) is 5.91 Å². The molecule has 4 rings (SSSR count). The lowest BCUT2D eigenvalue weighted by Crippen LogP contribution is -2.51. The van der Waals surface area contributed by atoms with E-state index in [2.05, 4.69) is 15.1 Å². The molecule has 3 heterocycles. The Labute approximate surface area is 133 Å². The number of carbonyl (C=O) groups excluding carboxylic acids is 1. The number of nitrogens with zero attached hydrogens (tertiary/aromatic N) is 6. The van der Waals surface area contributed by atoms with Crippen LogP contribution in [0, 0.1) is 5.92 Å². The van der Waals surface area contributed by atoms with Gasteiger partial charge in [-0.05, 0) is 19.3 Å². The zero-order chi connectivity index (χ0) is 15.9. The fourth-order valence-corrected chi connectivity index (χ4v) is 3.39. The topological polar surface area (TPSA) is 68.8 Å². The normalized spacial score (nSPS) is 23.0. The van der Waals surface area contributed by atoms with Gasteiger partial charge in [0.2, 0.25) is 0 Å². The Kier molecular flexibility index (Phi) is 3.39. The number of hydrogen-bond acceptors (Lipinski definition) is 4. The first-order valence-electron chi connectivity index (χ1n) is 7.95. The summed E-state index contributed by atoms with van der Waals surface area (Å²) in [5, 5.41) is 4.13. The maximum absolute atomic E-state index is 14.6. The van der Waals surface area contributed by atoms with Crippen LogP contribution in [-0.4, -0.2) is 47.3 Å². The fraction of sp³-hybridized carbons (Fsp3) is 0.600. The van der Waals surface area contributed by atoms with Crippen molar-refractivity contribution in [1.29, 1.82) is 0 Å². The molecule has 0 saturated heterocycles. The molecule has 2 aliphatic rings. The Bertz CT molecular complexity index is 693. The highest BCUT2D eigenvalue weighted by Crippen LogP contribution is 2.38. The molecule has 2 aromatic rings. The number of amides is 1. The maximum atomic E-state index is 14.6. The Balaban J connectivity index is 1.58. The first-order valence-corrected chi connectivity index (χ1v) is 7.95. The summed E-state index contributed by atoms with van der Waals surface area (Å²) in [5.74, 6) is 0.561. The van der Waals surface area contributed by atoms with Crippen LogP contribution in [0.3, 0.4) is 0 Å². The molecule has 0 unspecified atom stereocenters. The molecule has 0 bridgehead atoms. The summed E-state index contributed by atoms with van der Waals surface area (Å²) in [4.78, 5) is 22.5. The first kappa shape index (κ1) is 14.3. The quantitative estimate of drug-likeness (QED) is 0.847. The number of hydrogen-bond donors (Lipinski definition) is 0. The molecule has 0 aromatic carbocycles. The van der Waals surface area contributed by atoms with Gasteiger partial charge in [-0.15, -0.1) is 0 Å². The van der Waals surface area contributed by atoms with Crippen molar-refractivity contribution in [1.82, 2.24) is 29.2 Å². The van der Waals surface area contributed by atoms with Crippen molar-refractivity contribution in [3.8, 4) is 0 Å². The van der Waals surface area contributed by atoms with Crippen LogP contribution in [0.1, 0.15) is 25.1 Å². The van der Waals surface area contributed by atoms with Gasteiger partial charge in [-0.1, -0.05) is 0 Å². The number of halogens is 1. The van der Waals surface area contributed by atoms with E-state index in [1.54, 1.807) is 22.1 Å². The third-order valence-corrected chi connectivity index (χ3v) is 4.80. The minimum atomic E-state index is -1.67. The van der Waals surface area contributed by atoms with Gasteiger partial charge in [-0.3, -0.25) is 9.48 Å². The molecule has 1 atom stereocenters.